The summed E-state index contributed by atoms with van der Waals surface area (Å²) in [6, 6.07) is 4.43. The van der Waals surface area contributed by atoms with Gasteiger partial charge in [-0.25, -0.2) is 14.3 Å². The Morgan fingerprint density at radius 2 is 1.84 bits per heavy atom. The van der Waals surface area contributed by atoms with Crippen LogP contribution in [-0.4, -0.2) is 33.0 Å². The third-order valence-electron chi connectivity index (χ3n) is 4.45. The van der Waals surface area contributed by atoms with Crippen molar-refractivity contribution in [2.24, 2.45) is 7.05 Å². The molecule has 0 aliphatic heterocycles. The van der Waals surface area contributed by atoms with Crippen LogP contribution < -0.4 is 26.0 Å². The van der Waals surface area contributed by atoms with Crippen LogP contribution in [0.3, 0.4) is 0 Å². The number of amides is 1. The molecule has 0 atom stereocenters. The van der Waals surface area contributed by atoms with Crippen LogP contribution in [0, 0.1) is 6.92 Å². The van der Waals surface area contributed by atoms with Crippen molar-refractivity contribution >= 4 is 22.6 Å². The normalized spacial score (nSPS) is 11.4. The van der Waals surface area contributed by atoms with Gasteiger partial charge in [-0.1, -0.05) is 0 Å². The first kappa shape index (κ1) is 22.8. The zero-order chi connectivity index (χ0) is 23.6. The Kier molecular flexibility index (Phi) is 6.23. The lowest BCUT2D eigenvalue weighted by molar-refractivity contribution is -0.274. The summed E-state index contributed by atoms with van der Waals surface area (Å²) in [4.78, 5) is 42.3. The molecule has 0 aliphatic carbocycles. The van der Waals surface area contributed by atoms with Crippen LogP contribution in [-0.2, 0) is 18.4 Å². The molecule has 1 aromatic carbocycles. The topological polar surface area (TPSA) is 104 Å². The molecule has 12 heteroatoms. The molecule has 0 fully saturated rings. The maximum absolute atomic E-state index is 13.0. The Bertz CT molecular complexity index is 1280. The predicted molar refractivity (Wildman–Crippen MR) is 109 cm³/mol. The number of carbonyl (C=O) groups excluding carboxylic acids is 1. The Balaban J connectivity index is 1.92. The lowest BCUT2D eigenvalue weighted by atomic mass is 10.2. The second kappa shape index (κ2) is 8.73. The van der Waals surface area contributed by atoms with Crippen LogP contribution in [0.1, 0.15) is 12.5 Å². The van der Waals surface area contributed by atoms with E-state index in [0.717, 1.165) is 21.3 Å². The number of nitrogens with zero attached hydrogens (tertiary/aromatic N) is 3. The first-order valence-electron chi connectivity index (χ1n) is 9.39. The number of rotatable bonds is 6. The minimum Gasteiger partial charge on any atom is -0.493 e. The fourth-order valence-electron chi connectivity index (χ4n) is 3.07. The number of nitrogens with one attached hydrogen (secondary N) is 1. The summed E-state index contributed by atoms with van der Waals surface area (Å²) < 4.78 is 47.9. The SMILES string of the molecule is CCOc1c(C)cnc2c1c(=O)n(CC(=O)Nc1ccc(OC(F)(F)F)cc1)c(=O)n2C. The third-order valence-corrected chi connectivity index (χ3v) is 4.45. The average Bonchev–Trinajstić information content (AvgIpc) is 2.71. The number of alkyl halides is 3. The van der Waals surface area contributed by atoms with E-state index in [2.05, 4.69) is 15.0 Å². The third kappa shape index (κ3) is 4.74. The van der Waals surface area contributed by atoms with E-state index in [4.69, 9.17) is 4.74 Å². The van der Waals surface area contributed by atoms with E-state index in [-0.39, 0.29) is 29.1 Å². The molecular weight excluding hydrogens is 433 g/mol. The molecule has 0 radical (unpaired) electrons. The molecule has 0 aliphatic rings. The molecule has 2 aromatic heterocycles. The van der Waals surface area contributed by atoms with E-state index in [1.54, 1.807) is 13.8 Å². The lowest BCUT2D eigenvalue weighted by Gasteiger charge is -2.14. The molecule has 0 unspecified atom stereocenters. The Morgan fingerprint density at radius 3 is 2.44 bits per heavy atom. The van der Waals surface area contributed by atoms with E-state index in [0.29, 0.717) is 5.56 Å². The van der Waals surface area contributed by atoms with Gasteiger partial charge in [0.2, 0.25) is 5.91 Å². The molecule has 32 heavy (non-hydrogen) atoms. The van der Waals surface area contributed by atoms with Crippen molar-refractivity contribution in [3.05, 3.63) is 56.9 Å². The van der Waals surface area contributed by atoms with Crippen molar-refractivity contribution in [1.82, 2.24) is 14.1 Å². The number of aromatic nitrogens is 3. The number of halogens is 3. The summed E-state index contributed by atoms with van der Waals surface area (Å²) in [6.45, 7) is 3.09. The van der Waals surface area contributed by atoms with Gasteiger partial charge in [-0.05, 0) is 38.1 Å². The number of hydrogen-bond acceptors (Lipinski definition) is 6. The Morgan fingerprint density at radius 1 is 1.19 bits per heavy atom. The van der Waals surface area contributed by atoms with Crippen LogP contribution in [0.15, 0.2) is 40.1 Å². The largest absolute Gasteiger partial charge is 0.573 e. The Hall–Kier alpha value is -3.83. The van der Waals surface area contributed by atoms with Gasteiger partial charge in [0.25, 0.3) is 5.56 Å². The molecule has 0 spiro atoms. The summed E-state index contributed by atoms with van der Waals surface area (Å²) in [6.07, 6.45) is -3.36. The van der Waals surface area contributed by atoms with Crippen molar-refractivity contribution < 1.29 is 27.4 Å². The molecule has 0 saturated heterocycles. The standard InChI is InChI=1S/C20H19F3N4O5/c1-4-31-16-11(2)9-24-17-15(16)18(29)27(19(30)26(17)3)10-14(28)25-12-5-7-13(8-6-12)32-20(21,22)23/h5-9H,4,10H2,1-3H3,(H,25,28). The van der Waals surface area contributed by atoms with Crippen LogP contribution in [0.25, 0.3) is 11.0 Å². The van der Waals surface area contributed by atoms with E-state index in [1.165, 1.54) is 25.4 Å². The van der Waals surface area contributed by atoms with Gasteiger partial charge in [-0.3, -0.25) is 14.2 Å². The quantitative estimate of drug-likeness (QED) is 0.616. The zero-order valence-electron chi connectivity index (χ0n) is 17.3. The zero-order valence-corrected chi connectivity index (χ0v) is 17.3. The number of ether oxygens (including phenoxy) is 2. The highest BCUT2D eigenvalue weighted by molar-refractivity contribution is 5.91. The molecule has 9 nitrogen and oxygen atoms in total. The molecular formula is C20H19F3N4O5. The highest BCUT2D eigenvalue weighted by atomic mass is 19.4. The monoisotopic (exact) mass is 452 g/mol. The van der Waals surface area contributed by atoms with Gasteiger partial charge in [0.1, 0.15) is 23.4 Å². The minimum atomic E-state index is -4.84. The van der Waals surface area contributed by atoms with Crippen LogP contribution in [0.5, 0.6) is 11.5 Å². The number of fused-ring (bicyclic) bond motifs is 1. The first-order valence-corrected chi connectivity index (χ1v) is 9.39. The van der Waals surface area contributed by atoms with Crippen LogP contribution >= 0.6 is 0 Å². The summed E-state index contributed by atoms with van der Waals surface area (Å²) in [5.74, 6) is -0.916. The number of pyridine rings is 1. The fraction of sp³-hybridized carbons (Fsp3) is 0.300. The minimum absolute atomic E-state index is 0.0652. The number of anilines is 1. The molecule has 3 rings (SSSR count). The number of aryl methyl sites for hydroxylation is 2. The van der Waals surface area contributed by atoms with E-state index >= 15 is 0 Å². The van der Waals surface area contributed by atoms with Crippen molar-refractivity contribution in [3.8, 4) is 11.5 Å². The van der Waals surface area contributed by atoms with Gasteiger partial charge < -0.3 is 14.8 Å². The van der Waals surface area contributed by atoms with Crippen molar-refractivity contribution in [2.75, 3.05) is 11.9 Å². The van der Waals surface area contributed by atoms with Crippen LogP contribution in [0.2, 0.25) is 0 Å². The van der Waals surface area contributed by atoms with Gasteiger partial charge in [0, 0.05) is 24.5 Å². The first-order chi connectivity index (χ1) is 15.0. The van der Waals surface area contributed by atoms with E-state index < -0.39 is 35.8 Å². The molecule has 3 aromatic rings. The maximum atomic E-state index is 13.0. The molecule has 0 saturated carbocycles. The van der Waals surface area contributed by atoms with Crippen molar-refractivity contribution in [1.29, 1.82) is 0 Å². The molecule has 1 N–H and O–H groups in total. The van der Waals surface area contributed by atoms with Crippen molar-refractivity contribution in [2.45, 2.75) is 26.8 Å². The number of benzene rings is 1. The smallest absolute Gasteiger partial charge is 0.493 e. The second-order valence-corrected chi connectivity index (χ2v) is 6.76. The predicted octanol–water partition coefficient (Wildman–Crippen LogP) is 2.34. The number of carbonyl (C=O) groups is 1. The highest BCUT2D eigenvalue weighted by Gasteiger charge is 2.31. The molecule has 0 bridgehead atoms. The van der Waals surface area contributed by atoms with Gasteiger partial charge in [-0.15, -0.1) is 13.2 Å². The van der Waals surface area contributed by atoms with Crippen LogP contribution in [0.4, 0.5) is 18.9 Å². The van der Waals surface area contributed by atoms with Gasteiger partial charge >= 0.3 is 12.1 Å². The Labute approximate surface area is 179 Å². The van der Waals surface area contributed by atoms with Gasteiger partial charge in [0.05, 0.1) is 6.61 Å². The second-order valence-electron chi connectivity index (χ2n) is 6.76. The summed E-state index contributed by atoms with van der Waals surface area (Å²) in [7, 11) is 1.41. The summed E-state index contributed by atoms with van der Waals surface area (Å²) >= 11 is 0. The molecule has 2 heterocycles. The lowest BCUT2D eigenvalue weighted by Crippen LogP contribution is -2.42. The fourth-order valence-corrected chi connectivity index (χ4v) is 3.07. The highest BCUT2D eigenvalue weighted by Crippen LogP contribution is 2.25. The summed E-state index contributed by atoms with van der Waals surface area (Å²) in [5.41, 5.74) is -0.641. The van der Waals surface area contributed by atoms with Crippen molar-refractivity contribution in [3.63, 3.8) is 0 Å². The molecule has 170 valence electrons. The summed E-state index contributed by atoms with van der Waals surface area (Å²) in [5, 5.41) is 2.49. The van der Waals surface area contributed by atoms with Gasteiger partial charge in [0.15, 0.2) is 5.65 Å². The van der Waals surface area contributed by atoms with E-state index in [9.17, 15) is 27.6 Å². The maximum Gasteiger partial charge on any atom is 0.573 e. The molecule has 1 amide bonds. The van der Waals surface area contributed by atoms with Gasteiger partial charge in [-0.2, -0.15) is 0 Å². The average molecular weight is 452 g/mol. The van der Waals surface area contributed by atoms with E-state index in [1.807, 2.05) is 0 Å². The number of hydrogen-bond donors (Lipinski definition) is 1.